The second kappa shape index (κ2) is 8.15. The molecule has 0 saturated heterocycles. The molecule has 0 saturated carbocycles. The zero-order chi connectivity index (χ0) is 20.2. The van der Waals surface area contributed by atoms with Crippen LogP contribution < -0.4 is 10.6 Å². The summed E-state index contributed by atoms with van der Waals surface area (Å²) in [6.45, 7) is 3.83. The average Bonchev–Trinajstić information content (AvgIpc) is 3.16. The molecule has 3 heterocycles. The first kappa shape index (κ1) is 18.7. The quantitative estimate of drug-likeness (QED) is 0.506. The number of benzene rings is 1. The van der Waals surface area contributed by atoms with Crippen molar-refractivity contribution in [3.63, 3.8) is 0 Å². The Labute approximate surface area is 171 Å². The first-order valence-electron chi connectivity index (χ1n) is 8.94. The lowest BCUT2D eigenvalue weighted by molar-refractivity contribution is 0.102. The molecule has 0 radical (unpaired) electrons. The first-order valence-corrected chi connectivity index (χ1v) is 9.82. The predicted octanol–water partition coefficient (Wildman–Crippen LogP) is 4.61. The van der Waals surface area contributed by atoms with E-state index in [-0.39, 0.29) is 5.91 Å². The molecular weight excluding hydrogens is 384 g/mol. The summed E-state index contributed by atoms with van der Waals surface area (Å²) in [4.78, 5) is 30.1. The van der Waals surface area contributed by atoms with Gasteiger partial charge in [-0.15, -0.1) is 11.3 Å². The highest BCUT2D eigenvalue weighted by Gasteiger charge is 2.11. The van der Waals surface area contributed by atoms with Crippen molar-refractivity contribution < 1.29 is 4.79 Å². The number of hydrogen-bond donors (Lipinski definition) is 2. The van der Waals surface area contributed by atoms with Crippen LogP contribution in [0, 0.1) is 13.8 Å². The molecule has 0 fully saturated rings. The van der Waals surface area contributed by atoms with Gasteiger partial charge in [0.15, 0.2) is 5.13 Å². The second-order valence-electron chi connectivity index (χ2n) is 6.39. The summed E-state index contributed by atoms with van der Waals surface area (Å²) in [6.07, 6.45) is 1.71. The highest BCUT2D eigenvalue weighted by Crippen LogP contribution is 2.24. The van der Waals surface area contributed by atoms with Crippen molar-refractivity contribution in [1.82, 2.24) is 19.9 Å². The summed E-state index contributed by atoms with van der Waals surface area (Å²) in [5, 5.41) is 8.37. The van der Waals surface area contributed by atoms with E-state index in [4.69, 9.17) is 0 Å². The molecule has 0 atom stereocenters. The van der Waals surface area contributed by atoms with Crippen LogP contribution in [-0.2, 0) is 0 Å². The minimum absolute atomic E-state index is 0.239. The number of aryl methyl sites for hydroxylation is 2. The smallest absolute Gasteiger partial charge is 0.257 e. The van der Waals surface area contributed by atoms with Gasteiger partial charge in [0.1, 0.15) is 5.69 Å². The summed E-state index contributed by atoms with van der Waals surface area (Å²) in [6, 6.07) is 14.7. The van der Waals surface area contributed by atoms with E-state index in [2.05, 4.69) is 30.6 Å². The summed E-state index contributed by atoms with van der Waals surface area (Å²) in [7, 11) is 0. The molecule has 0 spiro atoms. The molecule has 4 aromatic rings. The number of rotatable bonds is 5. The second-order valence-corrected chi connectivity index (χ2v) is 7.25. The minimum atomic E-state index is -0.239. The lowest BCUT2D eigenvalue weighted by Crippen LogP contribution is -2.12. The third kappa shape index (κ3) is 4.61. The summed E-state index contributed by atoms with van der Waals surface area (Å²) in [5.74, 6) is 0.261. The fourth-order valence-electron chi connectivity index (χ4n) is 2.78. The van der Waals surface area contributed by atoms with Crippen LogP contribution in [0.15, 0.2) is 60.1 Å². The van der Waals surface area contributed by atoms with Crippen molar-refractivity contribution in [3.8, 4) is 11.4 Å². The van der Waals surface area contributed by atoms with E-state index in [1.54, 1.807) is 24.4 Å². The Balaban J connectivity index is 1.48. The maximum Gasteiger partial charge on any atom is 0.257 e. The van der Waals surface area contributed by atoms with Crippen LogP contribution in [0.3, 0.4) is 0 Å². The van der Waals surface area contributed by atoms with Gasteiger partial charge in [0.25, 0.3) is 5.91 Å². The van der Waals surface area contributed by atoms with Gasteiger partial charge in [0.05, 0.1) is 5.69 Å². The molecule has 1 aromatic carbocycles. The van der Waals surface area contributed by atoms with Gasteiger partial charge < -0.3 is 5.32 Å². The molecule has 0 aliphatic heterocycles. The van der Waals surface area contributed by atoms with E-state index in [9.17, 15) is 4.79 Å². The summed E-state index contributed by atoms with van der Waals surface area (Å²) < 4.78 is 0. The molecule has 0 bridgehead atoms. The fraction of sp³-hybridized carbons (Fsp3) is 0.0952. The predicted molar refractivity (Wildman–Crippen MR) is 115 cm³/mol. The van der Waals surface area contributed by atoms with E-state index in [0.717, 1.165) is 28.5 Å². The molecule has 2 N–H and O–H groups in total. The topological polar surface area (TPSA) is 92.7 Å². The maximum absolute atomic E-state index is 12.7. The monoisotopic (exact) mass is 402 g/mol. The number of hydrogen-bond acceptors (Lipinski definition) is 7. The summed E-state index contributed by atoms with van der Waals surface area (Å²) >= 11 is 1.36. The van der Waals surface area contributed by atoms with E-state index in [0.29, 0.717) is 16.6 Å². The SMILES string of the molecule is Cc1cc(C)nc(Nc2cccc(C(=O)Nc3nc(-c4ccccn4)cs3)c2)n1. The third-order valence-electron chi connectivity index (χ3n) is 4.02. The van der Waals surface area contributed by atoms with Gasteiger partial charge in [0.2, 0.25) is 5.95 Å². The highest BCUT2D eigenvalue weighted by molar-refractivity contribution is 7.14. The Morgan fingerprint density at radius 2 is 1.76 bits per heavy atom. The number of carbonyl (C=O) groups is 1. The van der Waals surface area contributed by atoms with Crippen LogP contribution in [-0.4, -0.2) is 25.8 Å². The fourth-order valence-corrected chi connectivity index (χ4v) is 3.48. The van der Waals surface area contributed by atoms with E-state index < -0.39 is 0 Å². The van der Waals surface area contributed by atoms with Crippen LogP contribution in [0.25, 0.3) is 11.4 Å². The van der Waals surface area contributed by atoms with Crippen LogP contribution >= 0.6 is 11.3 Å². The van der Waals surface area contributed by atoms with Crippen LogP contribution in [0.5, 0.6) is 0 Å². The van der Waals surface area contributed by atoms with Gasteiger partial charge in [-0.2, -0.15) is 0 Å². The molecule has 3 aromatic heterocycles. The maximum atomic E-state index is 12.7. The number of amides is 1. The van der Waals surface area contributed by atoms with E-state index >= 15 is 0 Å². The molecule has 0 unspecified atom stereocenters. The number of anilines is 3. The van der Waals surface area contributed by atoms with Crippen LogP contribution in [0.2, 0.25) is 0 Å². The number of carbonyl (C=O) groups excluding carboxylic acids is 1. The Hall–Kier alpha value is -3.65. The molecule has 144 valence electrons. The molecule has 0 aliphatic rings. The molecule has 0 aliphatic carbocycles. The minimum Gasteiger partial charge on any atom is -0.324 e. The third-order valence-corrected chi connectivity index (χ3v) is 4.77. The van der Waals surface area contributed by atoms with Crippen LogP contribution in [0.4, 0.5) is 16.8 Å². The van der Waals surface area contributed by atoms with Crippen molar-refractivity contribution in [2.24, 2.45) is 0 Å². The standard InChI is InChI=1S/C21H18N6OS/c1-13-10-14(2)24-20(23-13)25-16-7-5-6-15(11-16)19(28)27-21-26-18(12-29-21)17-8-3-4-9-22-17/h3-12H,1-2H3,(H,23,24,25)(H,26,27,28). The van der Waals surface area contributed by atoms with Crippen molar-refractivity contribution in [2.75, 3.05) is 10.6 Å². The van der Waals surface area contributed by atoms with Crippen LogP contribution in [0.1, 0.15) is 21.7 Å². The number of aromatic nitrogens is 4. The van der Waals surface area contributed by atoms with Crippen molar-refractivity contribution >= 4 is 34.0 Å². The Morgan fingerprint density at radius 3 is 2.52 bits per heavy atom. The lowest BCUT2D eigenvalue weighted by Gasteiger charge is -2.08. The highest BCUT2D eigenvalue weighted by atomic mass is 32.1. The average molecular weight is 402 g/mol. The van der Waals surface area contributed by atoms with E-state index in [1.807, 2.05) is 49.6 Å². The van der Waals surface area contributed by atoms with Crippen molar-refractivity contribution in [1.29, 1.82) is 0 Å². The number of pyridine rings is 1. The number of nitrogens with zero attached hydrogens (tertiary/aromatic N) is 4. The number of thiazole rings is 1. The zero-order valence-corrected chi connectivity index (χ0v) is 16.7. The molecule has 29 heavy (non-hydrogen) atoms. The Morgan fingerprint density at radius 1 is 0.931 bits per heavy atom. The molecular formula is C21H18N6OS. The van der Waals surface area contributed by atoms with Crippen molar-refractivity contribution in [2.45, 2.75) is 13.8 Å². The largest absolute Gasteiger partial charge is 0.324 e. The van der Waals surface area contributed by atoms with Gasteiger partial charge in [-0.05, 0) is 50.2 Å². The normalized spacial score (nSPS) is 10.6. The Bertz CT molecular complexity index is 1140. The van der Waals surface area contributed by atoms with Gasteiger partial charge in [-0.25, -0.2) is 15.0 Å². The van der Waals surface area contributed by atoms with Crippen molar-refractivity contribution in [3.05, 3.63) is 77.1 Å². The summed E-state index contributed by atoms with van der Waals surface area (Å²) in [5.41, 5.74) is 4.49. The Kier molecular flexibility index (Phi) is 5.26. The molecule has 4 rings (SSSR count). The van der Waals surface area contributed by atoms with Gasteiger partial charge in [0, 0.05) is 34.2 Å². The molecule has 8 heteroatoms. The zero-order valence-electron chi connectivity index (χ0n) is 15.9. The van der Waals surface area contributed by atoms with E-state index in [1.165, 1.54) is 11.3 Å². The molecule has 7 nitrogen and oxygen atoms in total. The lowest BCUT2D eigenvalue weighted by atomic mass is 10.2. The van der Waals surface area contributed by atoms with Gasteiger partial charge in [-0.3, -0.25) is 15.1 Å². The molecule has 1 amide bonds. The first-order chi connectivity index (χ1) is 14.1. The van der Waals surface area contributed by atoms with Gasteiger partial charge >= 0.3 is 0 Å². The van der Waals surface area contributed by atoms with Gasteiger partial charge in [-0.1, -0.05) is 12.1 Å². The number of nitrogens with one attached hydrogen (secondary N) is 2.